The van der Waals surface area contributed by atoms with E-state index in [1.54, 1.807) is 6.07 Å². The number of rotatable bonds is 6. The Morgan fingerprint density at radius 2 is 1.76 bits per heavy atom. The fraction of sp³-hybridized carbons (Fsp3) is 0.125. The van der Waals surface area contributed by atoms with E-state index < -0.39 is 0 Å². The van der Waals surface area contributed by atoms with Gasteiger partial charge in [-0.3, -0.25) is 9.78 Å². The van der Waals surface area contributed by atoms with Gasteiger partial charge in [0.2, 0.25) is 11.4 Å². The minimum Gasteiger partial charge on any atom is -0.487 e. The van der Waals surface area contributed by atoms with Gasteiger partial charge in [-0.25, -0.2) is 0 Å². The van der Waals surface area contributed by atoms with Crippen LogP contribution in [0.2, 0.25) is 0 Å². The predicted molar refractivity (Wildman–Crippen MR) is 128 cm³/mol. The molecule has 0 atom stereocenters. The van der Waals surface area contributed by atoms with Gasteiger partial charge in [-0.15, -0.1) is 22.6 Å². The Morgan fingerprint density at radius 3 is 2.48 bits per heavy atom. The zero-order valence-corrected chi connectivity index (χ0v) is 18.6. The van der Waals surface area contributed by atoms with E-state index in [0.717, 1.165) is 34.4 Å². The first-order chi connectivity index (χ1) is 15.7. The summed E-state index contributed by atoms with van der Waals surface area (Å²) in [5, 5.41) is 14.4. The van der Waals surface area contributed by atoms with Crippen molar-refractivity contribution in [3.05, 3.63) is 88.3 Å². The van der Waals surface area contributed by atoms with E-state index in [1.165, 1.54) is 6.07 Å². The maximum Gasteiger partial charge on any atom is 0.248 e. The molecule has 0 aliphatic rings. The molecule has 166 valence electrons. The number of tetrazole rings is 1. The fourth-order valence-corrected chi connectivity index (χ4v) is 3.60. The van der Waals surface area contributed by atoms with Crippen LogP contribution in [-0.2, 0) is 13.0 Å². The molecule has 5 aromatic rings. The van der Waals surface area contributed by atoms with E-state index in [0.29, 0.717) is 29.2 Å². The van der Waals surface area contributed by atoms with Gasteiger partial charge >= 0.3 is 0 Å². The molecule has 0 amide bonds. The Bertz CT molecular complexity index is 1430. The van der Waals surface area contributed by atoms with Crippen molar-refractivity contribution in [1.82, 2.24) is 30.6 Å². The Hall–Kier alpha value is -4.04. The molecule has 0 aliphatic carbocycles. The van der Waals surface area contributed by atoms with Crippen molar-refractivity contribution in [2.75, 3.05) is 0 Å². The Labute approximate surface area is 195 Å². The van der Waals surface area contributed by atoms with Crippen LogP contribution >= 0.6 is 12.4 Å². The predicted octanol–water partition coefficient (Wildman–Crippen LogP) is 4.33. The number of nitrogens with zero attached hydrogens (tertiary/aromatic N) is 4. The molecule has 0 unspecified atom stereocenters. The van der Waals surface area contributed by atoms with E-state index in [-0.39, 0.29) is 18.0 Å². The van der Waals surface area contributed by atoms with E-state index >= 15 is 0 Å². The van der Waals surface area contributed by atoms with E-state index in [2.05, 4.69) is 30.6 Å². The minimum atomic E-state index is -0.182. The lowest BCUT2D eigenvalue weighted by Crippen LogP contribution is -2.06. The van der Waals surface area contributed by atoms with Gasteiger partial charge in [0.25, 0.3) is 0 Å². The van der Waals surface area contributed by atoms with Crippen LogP contribution in [0.3, 0.4) is 0 Å². The summed E-state index contributed by atoms with van der Waals surface area (Å²) >= 11 is 0. The number of H-pyrrole nitrogens is 2. The first kappa shape index (κ1) is 22.2. The molecule has 0 saturated heterocycles. The molecule has 2 aromatic carbocycles. The molecule has 0 fully saturated rings. The molecule has 9 heteroatoms. The van der Waals surface area contributed by atoms with Crippen LogP contribution in [0.25, 0.3) is 33.5 Å². The molecule has 3 aromatic heterocycles. The molecule has 33 heavy (non-hydrogen) atoms. The van der Waals surface area contributed by atoms with E-state index in [9.17, 15) is 4.79 Å². The summed E-state index contributed by atoms with van der Waals surface area (Å²) in [6, 6.07) is 21.1. The zero-order valence-electron chi connectivity index (χ0n) is 17.8. The second-order valence-electron chi connectivity index (χ2n) is 7.31. The van der Waals surface area contributed by atoms with Gasteiger partial charge < -0.3 is 9.72 Å². The highest BCUT2D eigenvalue weighted by Crippen LogP contribution is 2.30. The van der Waals surface area contributed by atoms with Crippen molar-refractivity contribution >= 4 is 23.4 Å². The Morgan fingerprint density at radius 1 is 0.970 bits per heavy atom. The second kappa shape index (κ2) is 9.62. The number of hydrogen-bond donors (Lipinski definition) is 2. The zero-order chi connectivity index (χ0) is 21.9. The quantitative estimate of drug-likeness (QED) is 0.390. The molecular formula is C24H21ClN6O2. The minimum absolute atomic E-state index is 0. The third-order valence-electron chi connectivity index (χ3n) is 5.24. The second-order valence-corrected chi connectivity index (χ2v) is 7.31. The van der Waals surface area contributed by atoms with Crippen molar-refractivity contribution in [1.29, 1.82) is 0 Å². The number of pyridine rings is 2. The Kier molecular flexibility index (Phi) is 6.46. The van der Waals surface area contributed by atoms with Gasteiger partial charge in [0.05, 0.1) is 5.52 Å². The highest BCUT2D eigenvalue weighted by atomic mass is 35.5. The number of halogens is 1. The number of aromatic nitrogens is 6. The monoisotopic (exact) mass is 460 g/mol. The number of hydrogen-bond acceptors (Lipinski definition) is 6. The van der Waals surface area contributed by atoms with Crippen LogP contribution in [0.15, 0.2) is 71.5 Å². The van der Waals surface area contributed by atoms with Gasteiger partial charge in [0.1, 0.15) is 17.9 Å². The number of aromatic amines is 2. The maximum absolute atomic E-state index is 11.8. The third kappa shape index (κ3) is 4.61. The average Bonchev–Trinajstić information content (AvgIpc) is 3.38. The van der Waals surface area contributed by atoms with Crippen molar-refractivity contribution < 1.29 is 4.74 Å². The van der Waals surface area contributed by atoms with Crippen LogP contribution in [0.5, 0.6) is 5.75 Å². The smallest absolute Gasteiger partial charge is 0.248 e. The summed E-state index contributed by atoms with van der Waals surface area (Å²) in [5.74, 6) is 1.18. The number of nitrogens with one attached hydrogen (secondary N) is 2. The summed E-state index contributed by atoms with van der Waals surface area (Å²) < 4.78 is 6.09. The number of aryl methyl sites for hydroxylation is 1. The number of benzene rings is 2. The topological polar surface area (TPSA) is 109 Å². The standard InChI is InChI=1S/C24H20N6O2.ClH/c1-2-17-13-21(23-20(25-17)11-12-22(31)26-23)32-14-15-7-9-16(10-8-15)18-5-3-4-6-19(18)24-27-29-30-28-24;/h3-13H,2,14H2,1H3,(H,26,31)(H,27,28,29,30);1H. The highest BCUT2D eigenvalue weighted by molar-refractivity contribution is 5.85. The van der Waals surface area contributed by atoms with Crippen molar-refractivity contribution in [3.63, 3.8) is 0 Å². The van der Waals surface area contributed by atoms with Gasteiger partial charge in [-0.1, -0.05) is 55.5 Å². The fourth-order valence-electron chi connectivity index (χ4n) is 3.60. The summed E-state index contributed by atoms with van der Waals surface area (Å²) in [5.41, 5.74) is 6.03. The molecule has 8 nitrogen and oxygen atoms in total. The SMILES string of the molecule is CCc1cc(OCc2ccc(-c3ccccc3-c3nn[nH]n3)cc2)c2[nH]c(=O)ccc2n1.Cl. The first-order valence-corrected chi connectivity index (χ1v) is 10.3. The van der Waals surface area contributed by atoms with Gasteiger partial charge in [0.15, 0.2) is 0 Å². The summed E-state index contributed by atoms with van der Waals surface area (Å²) in [7, 11) is 0. The largest absolute Gasteiger partial charge is 0.487 e. The van der Waals surface area contributed by atoms with Crippen molar-refractivity contribution in [3.8, 4) is 28.3 Å². The van der Waals surface area contributed by atoms with Crippen LogP contribution < -0.4 is 10.3 Å². The van der Waals surface area contributed by atoms with Gasteiger partial charge in [0, 0.05) is 23.4 Å². The van der Waals surface area contributed by atoms with Crippen LogP contribution in [0.1, 0.15) is 18.2 Å². The molecule has 0 spiro atoms. The molecule has 5 rings (SSSR count). The van der Waals surface area contributed by atoms with Crippen molar-refractivity contribution in [2.45, 2.75) is 20.0 Å². The summed E-state index contributed by atoms with van der Waals surface area (Å²) in [6.07, 6.45) is 0.778. The third-order valence-corrected chi connectivity index (χ3v) is 5.24. The van der Waals surface area contributed by atoms with Crippen LogP contribution in [0.4, 0.5) is 0 Å². The highest BCUT2D eigenvalue weighted by Gasteiger charge is 2.11. The molecule has 2 N–H and O–H groups in total. The van der Waals surface area contributed by atoms with Gasteiger partial charge in [-0.2, -0.15) is 5.21 Å². The van der Waals surface area contributed by atoms with Crippen LogP contribution in [0, 0.1) is 0 Å². The molecule has 0 aliphatic heterocycles. The maximum atomic E-state index is 11.8. The first-order valence-electron chi connectivity index (χ1n) is 10.3. The lowest BCUT2D eigenvalue weighted by atomic mass is 9.98. The molecule has 0 bridgehead atoms. The van der Waals surface area contributed by atoms with E-state index in [1.807, 2.05) is 61.5 Å². The molecular weight excluding hydrogens is 440 g/mol. The molecule has 0 saturated carbocycles. The lowest BCUT2D eigenvalue weighted by molar-refractivity contribution is 0.309. The van der Waals surface area contributed by atoms with Crippen LogP contribution in [-0.4, -0.2) is 30.6 Å². The number of fused-ring (bicyclic) bond motifs is 1. The summed E-state index contributed by atoms with van der Waals surface area (Å²) in [4.78, 5) is 19.2. The normalized spacial score (nSPS) is 10.7. The number of ether oxygens (including phenoxy) is 1. The van der Waals surface area contributed by atoms with E-state index in [4.69, 9.17) is 4.74 Å². The van der Waals surface area contributed by atoms with Gasteiger partial charge in [-0.05, 0) is 34.4 Å². The molecule has 3 heterocycles. The Balaban J connectivity index is 0.00000259. The van der Waals surface area contributed by atoms with Crippen molar-refractivity contribution in [2.24, 2.45) is 0 Å². The average molecular weight is 461 g/mol. The summed E-state index contributed by atoms with van der Waals surface area (Å²) in [6.45, 7) is 2.40. The lowest BCUT2D eigenvalue weighted by Gasteiger charge is -2.12. The molecule has 0 radical (unpaired) electrons.